The number of ether oxygens (including phenoxy) is 2. The number of aromatic carboxylic acids is 1. The van der Waals surface area contributed by atoms with E-state index in [1.807, 2.05) is 6.92 Å². The Morgan fingerprint density at radius 2 is 1.90 bits per heavy atom. The number of aromatic nitrogens is 5. The highest BCUT2D eigenvalue weighted by Crippen LogP contribution is 2.16. The zero-order chi connectivity index (χ0) is 21.7. The zero-order valence-electron chi connectivity index (χ0n) is 16.4. The molecule has 3 heterocycles. The Morgan fingerprint density at radius 1 is 1.23 bits per heavy atom. The first-order chi connectivity index (χ1) is 14.2. The summed E-state index contributed by atoms with van der Waals surface area (Å²) < 4.78 is 24.9. The number of hydrogen-bond donors (Lipinski definition) is 2. The van der Waals surface area contributed by atoms with Crippen molar-refractivity contribution >= 4 is 5.97 Å². The average molecular weight is 416 g/mol. The van der Waals surface area contributed by atoms with Crippen molar-refractivity contribution in [3.05, 3.63) is 59.3 Å². The minimum absolute atomic E-state index is 0. The van der Waals surface area contributed by atoms with E-state index < -0.39 is 5.97 Å². The van der Waals surface area contributed by atoms with Crippen molar-refractivity contribution in [1.82, 2.24) is 25.2 Å². The van der Waals surface area contributed by atoms with E-state index in [0.717, 1.165) is 13.2 Å². The van der Waals surface area contributed by atoms with Gasteiger partial charge in [-0.2, -0.15) is 0 Å². The maximum Gasteiger partial charge on any atom is 0.356 e. The number of benzene rings is 1. The van der Waals surface area contributed by atoms with Gasteiger partial charge in [-0.3, -0.25) is 0 Å². The van der Waals surface area contributed by atoms with E-state index in [2.05, 4.69) is 20.5 Å². The van der Waals surface area contributed by atoms with Crippen molar-refractivity contribution in [3.8, 4) is 11.6 Å². The van der Waals surface area contributed by atoms with Crippen molar-refractivity contribution in [2.45, 2.75) is 26.0 Å². The lowest BCUT2D eigenvalue weighted by molar-refractivity contribution is -0.0433. The molecule has 1 fully saturated rings. The molecule has 3 aromatic rings. The van der Waals surface area contributed by atoms with E-state index >= 15 is 0 Å². The molecule has 0 saturated carbocycles. The van der Waals surface area contributed by atoms with Crippen LogP contribution < -0.4 is 10.5 Å². The van der Waals surface area contributed by atoms with Crippen LogP contribution in [0, 0.1) is 12.7 Å². The summed E-state index contributed by atoms with van der Waals surface area (Å²) >= 11 is 0. The van der Waals surface area contributed by atoms with Crippen LogP contribution in [0.25, 0.3) is 5.69 Å². The lowest BCUT2D eigenvalue weighted by atomic mass is 10.0. The lowest BCUT2D eigenvalue weighted by Crippen LogP contribution is -2.54. The third-order valence-electron chi connectivity index (χ3n) is 4.11. The fourth-order valence-corrected chi connectivity index (χ4v) is 2.41. The first-order valence-electron chi connectivity index (χ1n) is 8.99. The van der Waals surface area contributed by atoms with Crippen LogP contribution in [0.15, 0.2) is 36.4 Å². The molecular formula is C19H21FN6O4. The van der Waals surface area contributed by atoms with Gasteiger partial charge in [0.05, 0.1) is 30.1 Å². The molecule has 2 aromatic heterocycles. The van der Waals surface area contributed by atoms with E-state index in [-0.39, 0.29) is 29.5 Å². The van der Waals surface area contributed by atoms with Crippen LogP contribution in [0.5, 0.6) is 5.88 Å². The summed E-state index contributed by atoms with van der Waals surface area (Å²) in [4.78, 5) is 10.7. The molecule has 4 rings (SSSR count). The van der Waals surface area contributed by atoms with Crippen LogP contribution in [0.1, 0.15) is 28.8 Å². The van der Waals surface area contributed by atoms with Gasteiger partial charge in [0.2, 0.25) is 5.88 Å². The summed E-state index contributed by atoms with van der Waals surface area (Å²) in [6.45, 7) is 5.30. The van der Waals surface area contributed by atoms with Crippen LogP contribution in [-0.2, 0) is 11.3 Å². The minimum atomic E-state index is -1.16. The van der Waals surface area contributed by atoms with Crippen LogP contribution in [0.3, 0.4) is 0 Å². The summed E-state index contributed by atoms with van der Waals surface area (Å²) in [7, 11) is 0. The third-order valence-corrected chi connectivity index (χ3v) is 4.11. The van der Waals surface area contributed by atoms with Crippen molar-refractivity contribution in [2.75, 3.05) is 13.2 Å². The molecule has 0 unspecified atom stereocenters. The highest BCUT2D eigenvalue weighted by atomic mass is 19.1. The van der Waals surface area contributed by atoms with Crippen LogP contribution in [0.2, 0.25) is 0 Å². The summed E-state index contributed by atoms with van der Waals surface area (Å²) in [5.74, 6) is -1.34. The quantitative estimate of drug-likeness (QED) is 0.634. The van der Waals surface area contributed by atoms with Gasteiger partial charge in [-0.05, 0) is 44.2 Å². The lowest BCUT2D eigenvalue weighted by Gasteiger charge is -2.33. The Hall–Kier alpha value is -3.44. The van der Waals surface area contributed by atoms with Gasteiger partial charge in [0.1, 0.15) is 18.1 Å². The first kappa shape index (κ1) is 21.3. The fraction of sp³-hybridized carbons (Fsp3) is 0.316. The van der Waals surface area contributed by atoms with Gasteiger partial charge in [-0.1, -0.05) is 5.21 Å². The second-order valence-corrected chi connectivity index (χ2v) is 7.01. The number of carbonyl (C=O) groups is 1. The Morgan fingerprint density at radius 3 is 2.40 bits per heavy atom. The smallest absolute Gasteiger partial charge is 0.356 e. The van der Waals surface area contributed by atoms with Crippen molar-refractivity contribution < 1.29 is 23.8 Å². The molecule has 30 heavy (non-hydrogen) atoms. The van der Waals surface area contributed by atoms with E-state index in [4.69, 9.17) is 20.3 Å². The average Bonchev–Trinajstić information content (AvgIpc) is 3.07. The highest BCUT2D eigenvalue weighted by molar-refractivity contribution is 5.84. The molecule has 158 valence electrons. The molecule has 0 amide bonds. The molecule has 1 saturated heterocycles. The Balaban J connectivity index is 0.000000367. The molecule has 10 nitrogen and oxygen atoms in total. The minimum Gasteiger partial charge on any atom is -0.476 e. The van der Waals surface area contributed by atoms with Gasteiger partial charge in [0, 0.05) is 6.07 Å². The second-order valence-electron chi connectivity index (χ2n) is 7.01. The summed E-state index contributed by atoms with van der Waals surface area (Å²) in [6.07, 6.45) is 0. The second kappa shape index (κ2) is 8.93. The molecule has 11 heteroatoms. The van der Waals surface area contributed by atoms with Gasteiger partial charge in [0.25, 0.3) is 0 Å². The molecule has 0 radical (unpaired) electrons. The Labute approximate surface area is 171 Å². The van der Waals surface area contributed by atoms with E-state index in [1.165, 1.54) is 28.9 Å². The third kappa shape index (κ3) is 5.33. The number of nitrogens with two attached hydrogens (primary N) is 1. The van der Waals surface area contributed by atoms with E-state index in [9.17, 15) is 9.18 Å². The largest absolute Gasteiger partial charge is 0.476 e. The normalized spacial score (nSPS) is 14.3. The molecule has 0 bridgehead atoms. The number of rotatable bonds is 5. The standard InChI is InChI=1S/C15H12FN5O3.C4H9NO/c1-9-13(8-24-14-7-6-12(15(22)23)18-19-14)21(20-17-9)11-4-2-10(16)3-5-11;1-4(5)2-6-3-4/h2-7H,8H2,1H3,(H,22,23);2-3,5H2,1H3. The van der Waals surface area contributed by atoms with E-state index in [1.54, 1.807) is 19.1 Å². The maximum absolute atomic E-state index is 13.0. The van der Waals surface area contributed by atoms with Crippen molar-refractivity contribution in [3.63, 3.8) is 0 Å². The topological polar surface area (TPSA) is 138 Å². The predicted molar refractivity (Wildman–Crippen MR) is 103 cm³/mol. The van der Waals surface area contributed by atoms with Crippen LogP contribution in [-0.4, -0.2) is 55.0 Å². The summed E-state index contributed by atoms with van der Waals surface area (Å²) in [6, 6.07) is 8.52. The number of halogens is 1. The molecular weight excluding hydrogens is 395 g/mol. The number of nitrogens with zero attached hydrogens (tertiary/aromatic N) is 5. The van der Waals surface area contributed by atoms with Crippen LogP contribution in [0.4, 0.5) is 4.39 Å². The molecule has 3 N–H and O–H groups in total. The van der Waals surface area contributed by atoms with Gasteiger partial charge in [-0.25, -0.2) is 13.9 Å². The van der Waals surface area contributed by atoms with Gasteiger partial charge in [-0.15, -0.1) is 15.3 Å². The van der Waals surface area contributed by atoms with Crippen molar-refractivity contribution in [1.29, 1.82) is 0 Å². The maximum atomic E-state index is 13.0. The molecule has 1 aromatic carbocycles. The number of carboxylic acid groups (broad SMARTS) is 1. The predicted octanol–water partition coefficient (Wildman–Crippen LogP) is 1.52. The number of carboxylic acids is 1. The van der Waals surface area contributed by atoms with Crippen LogP contribution >= 0.6 is 0 Å². The highest BCUT2D eigenvalue weighted by Gasteiger charge is 2.27. The first-order valence-corrected chi connectivity index (χ1v) is 8.99. The number of hydrogen-bond acceptors (Lipinski definition) is 8. The SMILES string of the molecule is CC1(N)COC1.Cc1nnn(-c2ccc(F)cc2)c1COc1ccc(C(=O)O)nn1. The molecule has 0 spiro atoms. The molecule has 0 aliphatic carbocycles. The monoisotopic (exact) mass is 416 g/mol. The Kier molecular flexibility index (Phi) is 6.33. The fourth-order valence-electron chi connectivity index (χ4n) is 2.41. The van der Waals surface area contributed by atoms with E-state index in [0.29, 0.717) is 17.1 Å². The van der Waals surface area contributed by atoms with Crippen molar-refractivity contribution in [2.24, 2.45) is 5.73 Å². The molecule has 1 aliphatic rings. The van der Waals surface area contributed by atoms with Gasteiger partial charge < -0.3 is 20.3 Å². The van der Waals surface area contributed by atoms with Gasteiger partial charge in [0.15, 0.2) is 5.69 Å². The molecule has 1 aliphatic heterocycles. The molecule has 0 atom stereocenters. The van der Waals surface area contributed by atoms with Gasteiger partial charge >= 0.3 is 5.97 Å². The zero-order valence-corrected chi connectivity index (χ0v) is 16.4. The number of aryl methyl sites for hydroxylation is 1. The summed E-state index contributed by atoms with van der Waals surface area (Å²) in [5, 5.41) is 24.0. The Bertz CT molecular complexity index is 999. The summed E-state index contributed by atoms with van der Waals surface area (Å²) in [5.41, 5.74) is 7.27.